The van der Waals surface area contributed by atoms with E-state index < -0.39 is 51.8 Å². The Morgan fingerprint density at radius 2 is 1.36 bits per heavy atom. The standard InChI is InChI=1S/C20H10Cl2F5N3O3.C19H23N3/c21-11-5-4-10(29-19(32)30-17(31)16-13(23)2-1-3-14(16)24)7-15(11)33-18-12(22)6-9(8-28-18)20(25,26)27;1-14-6-8-18(16(3)10-14)20-12-22(5)13-21-19-9-7-15(2)11-17(19)4/h1-8H,(H2,29,30,31,32);6-13H,1-5H3/b;20-12+,21-13+. The van der Waals surface area contributed by atoms with Crippen molar-refractivity contribution >= 4 is 64.9 Å². The molecule has 0 saturated heterocycles. The largest absolute Gasteiger partial charge is 0.436 e. The van der Waals surface area contributed by atoms with Gasteiger partial charge in [0.05, 0.1) is 34.6 Å². The number of aliphatic imine (C=N–C) groups is 2. The molecule has 286 valence electrons. The number of nitrogens with one attached hydrogen (secondary N) is 2. The minimum Gasteiger partial charge on any atom is -0.436 e. The monoisotopic (exact) mass is 798 g/mol. The van der Waals surface area contributed by atoms with Gasteiger partial charge in [-0.05, 0) is 81.3 Å². The van der Waals surface area contributed by atoms with Crippen molar-refractivity contribution in [2.45, 2.75) is 33.9 Å². The predicted molar refractivity (Wildman–Crippen MR) is 205 cm³/mol. The molecule has 0 radical (unpaired) electrons. The SMILES string of the molecule is Cc1ccc(/N=C/N(C)/C=N/c2ccc(C)cc2C)c(C)c1.O=C(NC(=O)c1c(F)cccc1F)Nc1ccc(Cl)c(Oc2ncc(C(F)(F)F)cc2Cl)c1. The first-order chi connectivity index (χ1) is 25.9. The summed E-state index contributed by atoms with van der Waals surface area (Å²) in [5, 5.41) is 3.52. The number of hydrogen-bond acceptors (Lipinski definition) is 6. The van der Waals surface area contributed by atoms with Gasteiger partial charge in [0.25, 0.3) is 5.91 Å². The van der Waals surface area contributed by atoms with Gasteiger partial charge >= 0.3 is 12.2 Å². The van der Waals surface area contributed by atoms with Crippen molar-refractivity contribution in [1.29, 1.82) is 0 Å². The van der Waals surface area contributed by atoms with E-state index in [1.807, 2.05) is 24.1 Å². The second kappa shape index (κ2) is 18.5. The fourth-order valence-electron chi connectivity index (χ4n) is 4.70. The highest BCUT2D eigenvalue weighted by atomic mass is 35.5. The van der Waals surface area contributed by atoms with Gasteiger partial charge in [-0.1, -0.05) is 64.7 Å². The average molecular weight is 800 g/mol. The number of aryl methyl sites for hydroxylation is 4. The molecule has 1 heterocycles. The normalized spacial score (nSPS) is 11.3. The van der Waals surface area contributed by atoms with Crippen LogP contribution in [-0.2, 0) is 6.18 Å². The van der Waals surface area contributed by atoms with Crippen LogP contribution in [0.5, 0.6) is 11.6 Å². The number of ether oxygens (including phenoxy) is 1. The van der Waals surface area contributed by atoms with E-state index in [-0.39, 0.29) is 16.5 Å². The van der Waals surface area contributed by atoms with Crippen LogP contribution in [-0.4, -0.2) is 41.5 Å². The van der Waals surface area contributed by atoms with Crippen LogP contribution in [0.4, 0.5) is 43.8 Å². The third-order valence-corrected chi connectivity index (χ3v) is 7.99. The van der Waals surface area contributed by atoms with Gasteiger partial charge in [-0.25, -0.2) is 28.5 Å². The van der Waals surface area contributed by atoms with Crippen LogP contribution in [0, 0.1) is 39.3 Å². The summed E-state index contributed by atoms with van der Waals surface area (Å²) in [7, 11) is 1.93. The molecule has 16 heteroatoms. The number of aromatic nitrogens is 1. The van der Waals surface area contributed by atoms with Crippen LogP contribution < -0.4 is 15.4 Å². The Kier molecular flexibility index (Phi) is 14.1. The van der Waals surface area contributed by atoms with Crippen molar-refractivity contribution in [3.63, 3.8) is 0 Å². The van der Waals surface area contributed by atoms with Crippen LogP contribution in [0.3, 0.4) is 0 Å². The Morgan fingerprint density at radius 1 is 0.800 bits per heavy atom. The van der Waals surface area contributed by atoms with Crippen LogP contribution in [0.1, 0.15) is 38.2 Å². The van der Waals surface area contributed by atoms with Crippen molar-refractivity contribution < 1.29 is 36.3 Å². The third-order valence-electron chi connectivity index (χ3n) is 7.41. The number of halogens is 7. The lowest BCUT2D eigenvalue weighted by Crippen LogP contribution is -2.35. The molecule has 2 N–H and O–H groups in total. The van der Waals surface area contributed by atoms with Crippen LogP contribution in [0.15, 0.2) is 95.0 Å². The Balaban J connectivity index is 0.000000265. The number of imide groups is 1. The average Bonchev–Trinajstić information content (AvgIpc) is 3.09. The number of hydrogen-bond donors (Lipinski definition) is 2. The van der Waals surface area contributed by atoms with Crippen LogP contribution >= 0.6 is 23.2 Å². The maximum atomic E-state index is 13.7. The maximum absolute atomic E-state index is 13.7. The molecule has 0 fully saturated rings. The highest BCUT2D eigenvalue weighted by Gasteiger charge is 2.32. The maximum Gasteiger partial charge on any atom is 0.417 e. The van der Waals surface area contributed by atoms with E-state index in [2.05, 4.69) is 72.2 Å². The highest BCUT2D eigenvalue weighted by Crippen LogP contribution is 2.37. The number of rotatable bonds is 8. The summed E-state index contributed by atoms with van der Waals surface area (Å²) >= 11 is 11.8. The number of alkyl halides is 3. The first-order valence-corrected chi connectivity index (χ1v) is 16.9. The Hall–Kier alpha value is -5.86. The first kappa shape index (κ1) is 41.9. The second-order valence-corrected chi connectivity index (χ2v) is 12.8. The minimum absolute atomic E-state index is 0.0109. The van der Waals surface area contributed by atoms with Crippen LogP contribution in [0.25, 0.3) is 0 Å². The number of benzene rings is 4. The Morgan fingerprint density at radius 3 is 1.87 bits per heavy atom. The zero-order valence-corrected chi connectivity index (χ0v) is 31.4. The smallest absolute Gasteiger partial charge is 0.417 e. The number of nitrogens with zero attached hydrogens (tertiary/aromatic N) is 4. The first-order valence-electron chi connectivity index (χ1n) is 16.1. The summed E-state index contributed by atoms with van der Waals surface area (Å²) in [6.07, 6.45) is -0.583. The number of pyridine rings is 1. The Labute approximate surface area is 323 Å². The summed E-state index contributed by atoms with van der Waals surface area (Å²) in [6, 6.07) is 18.4. The molecule has 0 bridgehead atoms. The minimum atomic E-state index is -4.66. The van der Waals surface area contributed by atoms with Crippen molar-refractivity contribution in [1.82, 2.24) is 15.2 Å². The fourth-order valence-corrected chi connectivity index (χ4v) is 5.06. The zero-order valence-electron chi connectivity index (χ0n) is 29.9. The third kappa shape index (κ3) is 12.1. The molecule has 5 rings (SSSR count). The topological polar surface area (TPSA) is 108 Å². The fraction of sp³-hybridized carbons (Fsp3) is 0.154. The zero-order chi connectivity index (χ0) is 40.4. The lowest BCUT2D eigenvalue weighted by Gasteiger charge is -2.12. The quantitative estimate of drug-likeness (QED) is 0.0923. The highest BCUT2D eigenvalue weighted by molar-refractivity contribution is 6.33. The summed E-state index contributed by atoms with van der Waals surface area (Å²) in [4.78, 5) is 38.4. The summed E-state index contributed by atoms with van der Waals surface area (Å²) < 4.78 is 70.9. The van der Waals surface area contributed by atoms with E-state index in [1.165, 1.54) is 34.4 Å². The molecule has 0 aliphatic carbocycles. The van der Waals surface area contributed by atoms with Gasteiger partial charge in [0.2, 0.25) is 5.88 Å². The molecule has 1 aromatic heterocycles. The van der Waals surface area contributed by atoms with Crippen molar-refractivity contribution in [2.24, 2.45) is 9.98 Å². The molecule has 9 nitrogen and oxygen atoms in total. The summed E-state index contributed by atoms with van der Waals surface area (Å²) in [5.74, 6) is -4.19. The predicted octanol–water partition coefficient (Wildman–Crippen LogP) is 11.3. The molecule has 4 aromatic carbocycles. The molecular formula is C39H33Cl2F5N6O3. The molecule has 0 spiro atoms. The second-order valence-electron chi connectivity index (χ2n) is 12.0. The van der Waals surface area contributed by atoms with E-state index in [4.69, 9.17) is 27.9 Å². The van der Waals surface area contributed by atoms with Crippen molar-refractivity contribution in [2.75, 3.05) is 12.4 Å². The van der Waals surface area contributed by atoms with Crippen LogP contribution in [0.2, 0.25) is 10.0 Å². The summed E-state index contributed by atoms with van der Waals surface area (Å²) in [5.41, 5.74) is 4.80. The van der Waals surface area contributed by atoms with Gasteiger partial charge < -0.3 is 15.0 Å². The molecular weight excluding hydrogens is 766 g/mol. The van der Waals surface area contributed by atoms with Gasteiger partial charge in [0.1, 0.15) is 28.0 Å². The molecule has 55 heavy (non-hydrogen) atoms. The van der Waals surface area contributed by atoms with E-state index >= 15 is 0 Å². The molecule has 0 saturated carbocycles. The Bertz CT molecular complexity index is 2180. The van der Waals surface area contributed by atoms with Gasteiger partial charge in [-0.3, -0.25) is 10.1 Å². The summed E-state index contributed by atoms with van der Waals surface area (Å²) in [6.45, 7) is 8.32. The van der Waals surface area contributed by atoms with Gasteiger partial charge in [0.15, 0.2) is 0 Å². The molecule has 5 aromatic rings. The lowest BCUT2D eigenvalue weighted by molar-refractivity contribution is -0.137. The number of urea groups is 1. The number of anilines is 1. The lowest BCUT2D eigenvalue weighted by atomic mass is 10.1. The van der Waals surface area contributed by atoms with E-state index in [1.54, 1.807) is 18.0 Å². The number of carbonyl (C=O) groups is 2. The molecule has 3 amide bonds. The van der Waals surface area contributed by atoms with Gasteiger partial charge in [-0.2, -0.15) is 13.2 Å². The molecule has 0 unspecified atom stereocenters. The van der Waals surface area contributed by atoms with E-state index in [0.29, 0.717) is 12.3 Å². The molecule has 0 atom stereocenters. The molecule has 0 aliphatic rings. The van der Waals surface area contributed by atoms with Gasteiger partial charge in [-0.15, -0.1) is 0 Å². The number of amides is 3. The molecule has 0 aliphatic heterocycles. The van der Waals surface area contributed by atoms with Gasteiger partial charge in [0, 0.05) is 25.0 Å². The van der Waals surface area contributed by atoms with Crippen molar-refractivity contribution in [3.05, 3.63) is 140 Å². The van der Waals surface area contributed by atoms with Crippen molar-refractivity contribution in [3.8, 4) is 11.6 Å². The number of carbonyl (C=O) groups excluding carboxylic acids is 2. The van der Waals surface area contributed by atoms with E-state index in [0.717, 1.165) is 35.6 Å². The van der Waals surface area contributed by atoms with E-state index in [9.17, 15) is 31.5 Å².